The van der Waals surface area contributed by atoms with Gasteiger partial charge in [-0.3, -0.25) is 4.79 Å². The SMILES string of the molecule is CC[C@H](C)[C@H]1O[C@]2(CC[C@@H]1C)C[C@@H]1C[C@@H](C/C=C(\C)[C@@H](O)[C@@H](C)/C=C/C=C3\CO[C@@H]4[C@H](OC(=O)c5c(C)noc5C)C(C)=C[C@@H](C(=O)O1)[C@]34O)O2. The molecule has 11 nitrogen and oxygen atoms in total. The molecule has 0 unspecified atom stereocenters. The van der Waals surface area contributed by atoms with Gasteiger partial charge in [-0.15, -0.1) is 0 Å². The van der Waals surface area contributed by atoms with Gasteiger partial charge in [0.25, 0.3) is 0 Å². The fourth-order valence-corrected chi connectivity index (χ4v) is 8.64. The van der Waals surface area contributed by atoms with Gasteiger partial charge >= 0.3 is 11.9 Å². The van der Waals surface area contributed by atoms with Crippen LogP contribution in [0.2, 0.25) is 0 Å². The van der Waals surface area contributed by atoms with E-state index in [9.17, 15) is 19.8 Å². The number of esters is 2. The molecule has 0 aromatic carbocycles. The van der Waals surface area contributed by atoms with Crippen LogP contribution >= 0.6 is 0 Å². The highest BCUT2D eigenvalue weighted by atomic mass is 16.7. The van der Waals surface area contributed by atoms with Crippen LogP contribution in [0.4, 0.5) is 0 Å². The van der Waals surface area contributed by atoms with E-state index in [0.29, 0.717) is 60.1 Å². The summed E-state index contributed by atoms with van der Waals surface area (Å²) in [6, 6.07) is 0. The fourth-order valence-electron chi connectivity index (χ4n) is 8.64. The highest BCUT2D eigenvalue weighted by Gasteiger charge is 2.61. The number of carbonyl (C=O) groups excluding carboxylic acids is 2. The smallest absolute Gasteiger partial charge is 0.344 e. The fraction of sp³-hybridized carbons (Fsp3) is 0.675. The highest BCUT2D eigenvalue weighted by molar-refractivity contribution is 5.92. The van der Waals surface area contributed by atoms with Gasteiger partial charge in [0, 0.05) is 25.2 Å². The summed E-state index contributed by atoms with van der Waals surface area (Å²) in [4.78, 5) is 27.8. The minimum atomic E-state index is -1.89. The van der Waals surface area contributed by atoms with Gasteiger partial charge in [-0.25, -0.2) is 4.79 Å². The van der Waals surface area contributed by atoms with Gasteiger partial charge in [-0.1, -0.05) is 69.7 Å². The molecule has 1 spiro atoms. The van der Waals surface area contributed by atoms with Crippen molar-refractivity contribution in [1.29, 1.82) is 0 Å². The van der Waals surface area contributed by atoms with Crippen molar-refractivity contribution in [2.75, 3.05) is 6.61 Å². The van der Waals surface area contributed by atoms with Crippen molar-refractivity contribution in [2.24, 2.45) is 23.7 Å². The van der Waals surface area contributed by atoms with Gasteiger partial charge in [0.2, 0.25) is 0 Å². The van der Waals surface area contributed by atoms with Crippen LogP contribution in [0.5, 0.6) is 0 Å². The van der Waals surface area contributed by atoms with Crippen LogP contribution in [0.1, 0.15) is 102 Å². The van der Waals surface area contributed by atoms with E-state index in [1.807, 2.05) is 26.0 Å². The van der Waals surface area contributed by atoms with Gasteiger partial charge in [0.15, 0.2) is 11.9 Å². The molecule has 0 amide bonds. The van der Waals surface area contributed by atoms with Crippen LogP contribution < -0.4 is 0 Å². The molecule has 1 aromatic rings. The van der Waals surface area contributed by atoms with E-state index < -0.39 is 53.7 Å². The molecule has 4 aliphatic heterocycles. The lowest BCUT2D eigenvalue weighted by Crippen LogP contribution is -2.59. The number of hydrogen-bond donors (Lipinski definition) is 2. The summed E-state index contributed by atoms with van der Waals surface area (Å²) in [7, 11) is 0. The molecule has 280 valence electrons. The normalized spacial score (nSPS) is 42.0. The Hall–Kier alpha value is -3.09. The Morgan fingerprint density at radius 3 is 2.61 bits per heavy atom. The van der Waals surface area contributed by atoms with E-state index in [1.165, 1.54) is 0 Å². The van der Waals surface area contributed by atoms with Gasteiger partial charge < -0.3 is 38.4 Å². The molecule has 5 heterocycles. The summed E-state index contributed by atoms with van der Waals surface area (Å²) in [5.41, 5.74) is 0.520. The Labute approximate surface area is 301 Å². The molecule has 1 aromatic heterocycles. The second-order valence-electron chi connectivity index (χ2n) is 15.7. The zero-order valence-corrected chi connectivity index (χ0v) is 31.2. The molecule has 3 saturated heterocycles. The highest BCUT2D eigenvalue weighted by Crippen LogP contribution is 2.48. The lowest BCUT2D eigenvalue weighted by Gasteiger charge is -2.51. The van der Waals surface area contributed by atoms with Crippen LogP contribution in [0.15, 0.2) is 51.6 Å². The Kier molecular flexibility index (Phi) is 10.9. The summed E-state index contributed by atoms with van der Waals surface area (Å²) >= 11 is 0. The molecule has 1 aliphatic carbocycles. The number of ether oxygens (including phenoxy) is 5. The van der Waals surface area contributed by atoms with Crippen molar-refractivity contribution in [3.05, 3.63) is 64.1 Å². The molecule has 6 rings (SSSR count). The predicted molar refractivity (Wildman–Crippen MR) is 187 cm³/mol. The summed E-state index contributed by atoms with van der Waals surface area (Å²) < 4.78 is 37.4. The first-order valence-electron chi connectivity index (χ1n) is 18.6. The lowest BCUT2D eigenvalue weighted by molar-refractivity contribution is -0.340. The van der Waals surface area contributed by atoms with E-state index in [1.54, 1.807) is 39.0 Å². The first-order valence-corrected chi connectivity index (χ1v) is 18.6. The van der Waals surface area contributed by atoms with Gasteiger partial charge in [-0.05, 0) is 69.1 Å². The van der Waals surface area contributed by atoms with Crippen molar-refractivity contribution in [2.45, 2.75) is 142 Å². The molecule has 51 heavy (non-hydrogen) atoms. The second kappa shape index (κ2) is 14.7. The number of rotatable bonds is 4. The van der Waals surface area contributed by atoms with Gasteiger partial charge in [-0.2, -0.15) is 0 Å². The van der Waals surface area contributed by atoms with Crippen LogP contribution in [-0.2, 0) is 28.5 Å². The predicted octanol–water partition coefficient (Wildman–Crippen LogP) is 6.00. The third-order valence-electron chi connectivity index (χ3n) is 11.9. The topological polar surface area (TPSA) is 147 Å². The molecule has 2 bridgehead atoms. The number of aliphatic hydroxyl groups is 2. The number of fused-ring (bicyclic) bond motifs is 2. The van der Waals surface area contributed by atoms with Crippen molar-refractivity contribution in [3.63, 3.8) is 0 Å². The van der Waals surface area contributed by atoms with Crippen molar-refractivity contribution < 1.29 is 48.0 Å². The van der Waals surface area contributed by atoms with Gasteiger partial charge in [0.1, 0.15) is 35.1 Å². The molecule has 0 radical (unpaired) electrons. The summed E-state index contributed by atoms with van der Waals surface area (Å²) in [5, 5.41) is 27.8. The Bertz CT molecular complexity index is 1580. The summed E-state index contributed by atoms with van der Waals surface area (Å²) in [6.07, 6.45) is 9.20. The molecule has 0 saturated carbocycles. The third kappa shape index (κ3) is 7.17. The molecule has 12 atom stereocenters. The number of hydrogen-bond acceptors (Lipinski definition) is 11. The molecule has 3 fully saturated rings. The largest absolute Gasteiger partial charge is 0.462 e. The Balaban J connectivity index is 1.38. The van der Waals surface area contributed by atoms with E-state index in [-0.39, 0.29) is 30.3 Å². The minimum absolute atomic E-state index is 0.00206. The standard InChI is InChI=1S/C40H55NO10/c1-9-21(2)34-24(5)15-16-39(50-34)19-30-18-29(49-39)14-13-23(4)33(42)22(3)11-10-12-28-20-46-36-35(48-38(44)32-26(7)41-51-27(32)8)25(6)17-31(37(43)47-30)40(28,36)45/h10-13,17,21-22,24,29-31,33-36,42,45H,9,14-16,18-20H2,1-8H3/b11-10+,23-13+,28-12+/t21-,22-,24-,29+,30-,31-,33-,34+,35+,36+,39+,40+/m0/s1. The third-order valence-corrected chi connectivity index (χ3v) is 11.9. The second-order valence-corrected chi connectivity index (χ2v) is 15.7. The number of carbonyl (C=O) groups is 2. The first-order chi connectivity index (χ1) is 24.2. The zero-order chi connectivity index (χ0) is 36.8. The van der Waals surface area contributed by atoms with E-state index in [2.05, 4.69) is 25.9 Å². The molecular weight excluding hydrogens is 654 g/mol. The summed E-state index contributed by atoms with van der Waals surface area (Å²) in [5.74, 6) is -2.56. The van der Waals surface area contributed by atoms with Crippen molar-refractivity contribution >= 4 is 11.9 Å². The number of aryl methyl sites for hydroxylation is 2. The molecule has 5 aliphatic rings. The van der Waals surface area contributed by atoms with Crippen molar-refractivity contribution in [3.8, 4) is 0 Å². The maximum Gasteiger partial charge on any atom is 0.344 e. The average molecular weight is 710 g/mol. The number of aromatic nitrogens is 1. The number of allylic oxidation sites excluding steroid dienone is 2. The number of nitrogens with zero attached hydrogens (tertiary/aromatic N) is 1. The lowest BCUT2D eigenvalue weighted by atomic mass is 9.70. The summed E-state index contributed by atoms with van der Waals surface area (Å²) in [6.45, 7) is 15.5. The molecule has 11 heteroatoms. The maximum atomic E-state index is 14.4. The molecular formula is C40H55NO10. The Morgan fingerprint density at radius 2 is 1.90 bits per heavy atom. The minimum Gasteiger partial charge on any atom is -0.462 e. The van der Waals surface area contributed by atoms with E-state index >= 15 is 0 Å². The monoisotopic (exact) mass is 709 g/mol. The zero-order valence-electron chi connectivity index (χ0n) is 31.2. The van der Waals surface area contributed by atoms with Gasteiger partial charge in [0.05, 0.1) is 30.6 Å². The molecule has 2 N–H and O–H groups in total. The first kappa shape index (κ1) is 37.7. The van der Waals surface area contributed by atoms with Crippen molar-refractivity contribution in [1.82, 2.24) is 5.16 Å². The number of aliphatic hydroxyl groups excluding tert-OH is 1. The van der Waals surface area contributed by atoms with E-state index in [4.69, 9.17) is 28.2 Å². The average Bonchev–Trinajstić information content (AvgIpc) is 3.62. The van der Waals surface area contributed by atoms with E-state index in [0.717, 1.165) is 18.4 Å². The quantitative estimate of drug-likeness (QED) is 0.280. The Morgan fingerprint density at radius 1 is 1.14 bits per heavy atom. The maximum absolute atomic E-state index is 14.4. The van der Waals surface area contributed by atoms with Crippen LogP contribution in [0.3, 0.4) is 0 Å². The van der Waals surface area contributed by atoms with Crippen LogP contribution in [0, 0.1) is 37.5 Å². The van der Waals surface area contributed by atoms with Crippen LogP contribution in [0.25, 0.3) is 0 Å². The van der Waals surface area contributed by atoms with Crippen LogP contribution in [-0.4, -0.2) is 81.9 Å².